The molecule has 35 heavy (non-hydrogen) atoms. The van der Waals surface area contributed by atoms with Crippen molar-refractivity contribution in [1.29, 1.82) is 5.41 Å². The number of carboxylic acid groups (broad SMARTS) is 1. The number of ketones is 1. The van der Waals surface area contributed by atoms with Crippen LogP contribution in [-0.4, -0.2) is 79.3 Å². The third-order valence-corrected chi connectivity index (χ3v) is 6.08. The fourth-order valence-corrected chi connectivity index (χ4v) is 4.38. The monoisotopic (exact) mass is 487 g/mol. The van der Waals surface area contributed by atoms with Crippen molar-refractivity contribution in [3.05, 3.63) is 46.8 Å². The number of aliphatic carboxylic acids is 1. The Hall–Kier alpha value is -3.86. The molecular formula is C24H26FN3O7. The number of nitrogens with zero attached hydrogens (tertiary/aromatic N) is 2. The van der Waals surface area contributed by atoms with Crippen LogP contribution in [0.5, 0.6) is 17.2 Å². The maximum atomic E-state index is 15.0. The third-order valence-electron chi connectivity index (χ3n) is 6.08. The van der Waals surface area contributed by atoms with Gasteiger partial charge in [0.25, 0.3) is 0 Å². The lowest BCUT2D eigenvalue weighted by Crippen LogP contribution is -2.30. The number of rotatable bonds is 9. The number of Topliss-reactive ketones (excluding diaryl/α,β-unsaturated/α-hetero) is 1. The number of halogens is 1. The Morgan fingerprint density at radius 2 is 1.97 bits per heavy atom. The normalized spacial score (nSPS) is 16.9. The summed E-state index contributed by atoms with van der Waals surface area (Å²) >= 11 is 0. The lowest BCUT2D eigenvalue weighted by atomic mass is 10.1. The van der Waals surface area contributed by atoms with Gasteiger partial charge < -0.3 is 34.2 Å². The van der Waals surface area contributed by atoms with E-state index in [4.69, 9.17) is 24.7 Å². The Morgan fingerprint density at radius 3 is 2.60 bits per heavy atom. The van der Waals surface area contributed by atoms with Gasteiger partial charge in [0, 0.05) is 25.2 Å². The highest BCUT2D eigenvalue weighted by Gasteiger charge is 2.33. The number of aliphatic hydroxyl groups is 1. The lowest BCUT2D eigenvalue weighted by Gasteiger charge is -2.22. The van der Waals surface area contributed by atoms with E-state index in [1.165, 1.54) is 31.3 Å². The molecule has 1 saturated heterocycles. The summed E-state index contributed by atoms with van der Waals surface area (Å²) in [7, 11) is 2.71. The van der Waals surface area contributed by atoms with Gasteiger partial charge in [-0.2, -0.15) is 0 Å². The minimum Gasteiger partial charge on any atom is -0.493 e. The summed E-state index contributed by atoms with van der Waals surface area (Å²) in [4.78, 5) is 27.4. The Kier molecular flexibility index (Phi) is 6.79. The molecule has 4 rings (SSSR count). The number of anilines is 1. The van der Waals surface area contributed by atoms with Gasteiger partial charge in [-0.1, -0.05) is 0 Å². The molecule has 0 saturated carbocycles. The quantitative estimate of drug-likeness (QED) is 0.454. The molecule has 11 heteroatoms. The minimum absolute atomic E-state index is 0.0691. The summed E-state index contributed by atoms with van der Waals surface area (Å²) in [5.74, 6) is -1.89. The zero-order valence-corrected chi connectivity index (χ0v) is 19.3. The molecule has 2 aromatic rings. The van der Waals surface area contributed by atoms with E-state index in [1.54, 1.807) is 12.1 Å². The largest absolute Gasteiger partial charge is 0.493 e. The lowest BCUT2D eigenvalue weighted by molar-refractivity contribution is -0.139. The van der Waals surface area contributed by atoms with E-state index < -0.39 is 24.5 Å². The Labute approximate surface area is 200 Å². The molecule has 186 valence electrons. The Bertz CT molecular complexity index is 1190. The van der Waals surface area contributed by atoms with Crippen LogP contribution < -0.4 is 19.1 Å². The number of carboxylic acids is 1. The van der Waals surface area contributed by atoms with Crippen LogP contribution in [0.1, 0.15) is 27.9 Å². The molecule has 0 aliphatic carbocycles. The van der Waals surface area contributed by atoms with Gasteiger partial charge in [0.15, 0.2) is 29.7 Å². The summed E-state index contributed by atoms with van der Waals surface area (Å²) in [5, 5.41) is 27.3. The number of fused-ring (bicyclic) bond motifs is 1. The van der Waals surface area contributed by atoms with Gasteiger partial charge >= 0.3 is 5.97 Å². The van der Waals surface area contributed by atoms with Crippen molar-refractivity contribution in [2.24, 2.45) is 0 Å². The van der Waals surface area contributed by atoms with Crippen LogP contribution in [-0.2, 0) is 11.3 Å². The van der Waals surface area contributed by atoms with E-state index in [9.17, 15) is 19.1 Å². The molecule has 0 bridgehead atoms. The van der Waals surface area contributed by atoms with Gasteiger partial charge in [-0.15, -0.1) is 0 Å². The van der Waals surface area contributed by atoms with E-state index in [2.05, 4.69) is 0 Å². The van der Waals surface area contributed by atoms with E-state index >= 15 is 0 Å². The molecule has 0 aromatic heterocycles. The summed E-state index contributed by atoms with van der Waals surface area (Å²) in [6.07, 6.45) is 0.00671. The zero-order valence-electron chi connectivity index (χ0n) is 19.3. The van der Waals surface area contributed by atoms with Gasteiger partial charge in [0.05, 0.1) is 38.1 Å². The van der Waals surface area contributed by atoms with E-state index in [1.807, 2.05) is 4.90 Å². The molecule has 2 heterocycles. The summed E-state index contributed by atoms with van der Waals surface area (Å²) < 4.78 is 30.7. The van der Waals surface area contributed by atoms with Crippen molar-refractivity contribution < 1.29 is 38.4 Å². The smallest absolute Gasteiger partial charge is 0.341 e. The predicted octanol–water partition coefficient (Wildman–Crippen LogP) is 1.90. The van der Waals surface area contributed by atoms with Crippen molar-refractivity contribution in [3.8, 4) is 17.2 Å². The molecule has 0 radical (unpaired) electrons. The van der Waals surface area contributed by atoms with Gasteiger partial charge in [0.1, 0.15) is 11.6 Å². The molecule has 2 aliphatic rings. The number of β-amino-alcohol motifs (C(OH)–C–C–N with tert-alkyl or cyclic N) is 1. The average molecular weight is 487 g/mol. The number of aliphatic hydroxyl groups excluding tert-OH is 1. The first-order valence-electron chi connectivity index (χ1n) is 11.0. The van der Waals surface area contributed by atoms with Crippen molar-refractivity contribution in [3.63, 3.8) is 0 Å². The number of nitrogens with one attached hydrogen (secondary N) is 1. The minimum atomic E-state index is -1.13. The second kappa shape index (κ2) is 9.79. The SMILES string of the molecule is COc1cc2c(c(F)c1OC)C(=N)N(CC(=O)c1ccc(OCC(=O)O)c(N3CCC(O)C3)c1)C2. The van der Waals surface area contributed by atoms with Gasteiger partial charge in [-0.05, 0) is 36.2 Å². The number of hydrogen-bond acceptors (Lipinski definition) is 8. The molecule has 0 amide bonds. The van der Waals surface area contributed by atoms with Crippen LogP contribution in [0.4, 0.5) is 10.1 Å². The summed E-state index contributed by atoms with van der Waals surface area (Å²) in [6, 6.07) is 6.24. The first-order chi connectivity index (χ1) is 16.7. The molecule has 1 atom stereocenters. The number of carbonyl (C=O) groups is 2. The number of hydrogen-bond donors (Lipinski definition) is 3. The number of amidine groups is 1. The van der Waals surface area contributed by atoms with E-state index in [0.29, 0.717) is 42.1 Å². The molecule has 3 N–H and O–H groups in total. The van der Waals surface area contributed by atoms with Crippen molar-refractivity contribution >= 4 is 23.3 Å². The van der Waals surface area contributed by atoms with Gasteiger partial charge in [-0.3, -0.25) is 10.2 Å². The number of benzene rings is 2. The molecule has 1 unspecified atom stereocenters. The molecule has 10 nitrogen and oxygen atoms in total. The first kappa shape index (κ1) is 24.3. The molecule has 0 spiro atoms. The van der Waals surface area contributed by atoms with Crippen LogP contribution in [0.3, 0.4) is 0 Å². The predicted molar refractivity (Wildman–Crippen MR) is 123 cm³/mol. The van der Waals surface area contributed by atoms with Crippen LogP contribution >= 0.6 is 0 Å². The number of methoxy groups -OCH3 is 2. The highest BCUT2D eigenvalue weighted by atomic mass is 19.1. The van der Waals surface area contributed by atoms with Crippen molar-refractivity contribution in [2.75, 3.05) is 45.4 Å². The van der Waals surface area contributed by atoms with Crippen LogP contribution in [0.2, 0.25) is 0 Å². The summed E-state index contributed by atoms with van der Waals surface area (Å²) in [6.45, 7) is 0.295. The number of carbonyl (C=O) groups excluding carboxylic acids is 1. The van der Waals surface area contributed by atoms with E-state index in [-0.39, 0.29) is 41.8 Å². The fraction of sp³-hybridized carbons (Fsp3) is 0.375. The Balaban J connectivity index is 1.57. The van der Waals surface area contributed by atoms with Crippen LogP contribution in [0.25, 0.3) is 0 Å². The topological polar surface area (TPSA) is 133 Å². The molecule has 2 aliphatic heterocycles. The highest BCUT2D eigenvalue weighted by molar-refractivity contribution is 6.06. The highest BCUT2D eigenvalue weighted by Crippen LogP contribution is 2.38. The second-order valence-electron chi connectivity index (χ2n) is 8.34. The zero-order chi connectivity index (χ0) is 25.3. The third kappa shape index (κ3) is 4.72. The van der Waals surface area contributed by atoms with Gasteiger partial charge in [-0.25, -0.2) is 9.18 Å². The Morgan fingerprint density at radius 1 is 1.20 bits per heavy atom. The second-order valence-corrected chi connectivity index (χ2v) is 8.34. The molecular weight excluding hydrogens is 461 g/mol. The standard InChI is InChI=1S/C24H26FN3O7/c1-33-19-8-14-9-28(24(26)21(14)22(25)23(19)34-2)11-17(30)13-3-4-18(35-12-20(31)32)16(7-13)27-6-5-15(29)10-27/h3-4,7-8,15,26,29H,5-6,9-12H2,1-2H3,(H,31,32). The van der Waals surface area contributed by atoms with Crippen molar-refractivity contribution in [1.82, 2.24) is 4.90 Å². The first-order valence-corrected chi connectivity index (χ1v) is 11.0. The van der Waals surface area contributed by atoms with E-state index in [0.717, 1.165) is 0 Å². The number of ether oxygens (including phenoxy) is 3. The van der Waals surface area contributed by atoms with Crippen LogP contribution in [0, 0.1) is 11.2 Å². The van der Waals surface area contributed by atoms with Gasteiger partial charge in [0.2, 0.25) is 0 Å². The maximum absolute atomic E-state index is 15.0. The maximum Gasteiger partial charge on any atom is 0.341 e. The van der Waals surface area contributed by atoms with Crippen LogP contribution in [0.15, 0.2) is 24.3 Å². The average Bonchev–Trinajstić information content (AvgIpc) is 3.40. The fourth-order valence-electron chi connectivity index (χ4n) is 4.38. The molecule has 1 fully saturated rings. The molecule has 2 aromatic carbocycles. The summed E-state index contributed by atoms with van der Waals surface area (Å²) in [5.41, 5.74) is 1.42. The van der Waals surface area contributed by atoms with Crippen molar-refractivity contribution in [2.45, 2.75) is 19.1 Å².